The molecule has 0 unspecified atom stereocenters. The molecule has 0 radical (unpaired) electrons. The summed E-state index contributed by atoms with van der Waals surface area (Å²) >= 11 is 13.6. The molecule has 7 nitrogen and oxygen atoms in total. The highest BCUT2D eigenvalue weighted by Gasteiger charge is 2.28. The molecular formula is C24H24Cl2FN5O2S. The number of rotatable bonds is 6. The smallest absolute Gasteiger partial charge is 0.156 e. The fourth-order valence-electron chi connectivity index (χ4n) is 3.94. The second-order valence-electron chi connectivity index (χ2n) is 7.88. The van der Waals surface area contributed by atoms with Gasteiger partial charge in [0, 0.05) is 40.9 Å². The summed E-state index contributed by atoms with van der Waals surface area (Å²) in [5.74, 6) is 1.06. The number of nitrogens with two attached hydrogens (primary N) is 1. The number of nitrogens with zero attached hydrogens (tertiary/aromatic N) is 3. The van der Waals surface area contributed by atoms with Gasteiger partial charge in [-0.25, -0.2) is 14.4 Å². The van der Waals surface area contributed by atoms with E-state index in [1.54, 1.807) is 36.5 Å². The van der Waals surface area contributed by atoms with Crippen LogP contribution < -0.4 is 10.5 Å². The zero-order chi connectivity index (χ0) is 25.1. The van der Waals surface area contributed by atoms with Gasteiger partial charge in [0.2, 0.25) is 0 Å². The van der Waals surface area contributed by atoms with E-state index < -0.39 is 5.82 Å². The van der Waals surface area contributed by atoms with Crippen molar-refractivity contribution >= 4 is 52.2 Å². The molecule has 35 heavy (non-hydrogen) atoms. The number of benzene rings is 2. The number of anilines is 2. The van der Waals surface area contributed by atoms with Gasteiger partial charge in [-0.05, 0) is 54.6 Å². The van der Waals surface area contributed by atoms with E-state index in [2.05, 4.69) is 9.71 Å². The Morgan fingerprint density at radius 1 is 1.26 bits per heavy atom. The molecule has 0 spiro atoms. The summed E-state index contributed by atoms with van der Waals surface area (Å²) in [6.45, 7) is -0.247. The van der Waals surface area contributed by atoms with Gasteiger partial charge in [-0.3, -0.25) is 4.40 Å². The first-order valence-corrected chi connectivity index (χ1v) is 12.4. The van der Waals surface area contributed by atoms with Crippen LogP contribution in [0.15, 0.2) is 47.6 Å². The van der Waals surface area contributed by atoms with Crippen LogP contribution in [0, 0.1) is 5.82 Å². The second-order valence-corrected chi connectivity index (χ2v) is 9.55. The van der Waals surface area contributed by atoms with Gasteiger partial charge in [0.25, 0.3) is 0 Å². The number of fused-ring (bicyclic) bond motifs is 1. The van der Waals surface area contributed by atoms with Gasteiger partial charge < -0.3 is 20.7 Å². The van der Waals surface area contributed by atoms with Gasteiger partial charge in [0.05, 0.1) is 17.3 Å². The predicted molar refractivity (Wildman–Crippen MR) is 139 cm³/mol. The average molecular weight is 536 g/mol. The number of nitrogens with one attached hydrogen (secondary N) is 1. The topological polar surface area (TPSA) is 109 Å². The lowest BCUT2D eigenvalue weighted by molar-refractivity contribution is 0.281. The number of imidazole rings is 1. The molecule has 5 N–H and O–H groups in total. The first-order valence-electron chi connectivity index (χ1n) is 10.9. The third-order valence-electron chi connectivity index (χ3n) is 5.86. The van der Waals surface area contributed by atoms with Gasteiger partial charge >= 0.3 is 0 Å². The summed E-state index contributed by atoms with van der Waals surface area (Å²) in [6, 6.07) is 8.31. The van der Waals surface area contributed by atoms with Crippen LogP contribution in [0.5, 0.6) is 0 Å². The van der Waals surface area contributed by atoms with Gasteiger partial charge in [-0.15, -0.1) is 0 Å². The van der Waals surface area contributed by atoms with E-state index in [4.69, 9.17) is 39.0 Å². The maximum atomic E-state index is 15.7. The molecule has 0 saturated heterocycles. The zero-order valence-electron chi connectivity index (χ0n) is 18.8. The van der Waals surface area contributed by atoms with Crippen molar-refractivity contribution in [1.82, 2.24) is 14.4 Å². The standard InChI is InChI=1S/C23H20Cl2FN5OS.CH4O/c24-14-9-13(11-32)18(25)17(10-14)33-30-16-6-2-5-15(19(16)26)20-21-22(27)28-7-8-31(21)23(29-20)12-3-1-4-12;1-2/h2,5-10,12,30,32H,1,3-4,11H2,(H2,27,28);2H,1H3. The zero-order valence-corrected chi connectivity index (χ0v) is 21.1. The predicted octanol–water partition coefficient (Wildman–Crippen LogP) is 5.91. The van der Waals surface area contributed by atoms with Gasteiger partial charge in [0.1, 0.15) is 22.9 Å². The molecule has 1 saturated carbocycles. The molecule has 0 amide bonds. The Bertz CT molecular complexity index is 1360. The fraction of sp³-hybridized carbons (Fsp3) is 0.250. The van der Waals surface area contributed by atoms with E-state index >= 15 is 4.39 Å². The number of aliphatic hydroxyl groups is 2. The summed E-state index contributed by atoms with van der Waals surface area (Å²) in [4.78, 5) is 9.59. The highest BCUT2D eigenvalue weighted by Crippen LogP contribution is 2.41. The Balaban J connectivity index is 0.00000141. The Morgan fingerprint density at radius 3 is 2.71 bits per heavy atom. The Labute approximate surface area is 216 Å². The van der Waals surface area contributed by atoms with Crippen molar-refractivity contribution in [3.05, 3.63) is 70.0 Å². The lowest BCUT2D eigenvalue weighted by atomic mass is 9.85. The minimum Gasteiger partial charge on any atom is -0.400 e. The number of aliphatic hydroxyl groups excluding tert-OH is 2. The summed E-state index contributed by atoms with van der Waals surface area (Å²) in [6.07, 6.45) is 6.72. The molecule has 4 aromatic rings. The van der Waals surface area contributed by atoms with Crippen molar-refractivity contribution < 1.29 is 14.6 Å². The molecule has 11 heteroatoms. The Kier molecular flexibility index (Phi) is 8.03. The molecule has 5 rings (SSSR count). The summed E-state index contributed by atoms with van der Waals surface area (Å²) in [5, 5.41) is 17.3. The molecule has 0 bridgehead atoms. The monoisotopic (exact) mass is 535 g/mol. The van der Waals surface area contributed by atoms with E-state index in [1.165, 1.54) is 0 Å². The van der Waals surface area contributed by atoms with Crippen molar-refractivity contribution in [2.24, 2.45) is 0 Å². The second kappa shape index (κ2) is 11.0. The van der Waals surface area contributed by atoms with Crippen LogP contribution in [0.3, 0.4) is 0 Å². The van der Waals surface area contributed by atoms with E-state index in [0.29, 0.717) is 49.0 Å². The van der Waals surface area contributed by atoms with E-state index in [9.17, 15) is 5.11 Å². The highest BCUT2D eigenvalue weighted by molar-refractivity contribution is 8.00. The highest BCUT2D eigenvalue weighted by atomic mass is 35.5. The third-order valence-corrected chi connectivity index (χ3v) is 7.50. The first kappa shape index (κ1) is 25.5. The number of aromatic nitrogens is 3. The van der Waals surface area contributed by atoms with E-state index in [0.717, 1.165) is 44.1 Å². The summed E-state index contributed by atoms with van der Waals surface area (Å²) in [5.41, 5.74) is 8.35. The van der Waals surface area contributed by atoms with Crippen molar-refractivity contribution in [1.29, 1.82) is 0 Å². The third kappa shape index (κ3) is 4.92. The van der Waals surface area contributed by atoms with Crippen LogP contribution in [0.1, 0.15) is 36.6 Å². The lowest BCUT2D eigenvalue weighted by Crippen LogP contribution is -2.12. The van der Waals surface area contributed by atoms with Crippen molar-refractivity contribution in [2.75, 3.05) is 17.6 Å². The van der Waals surface area contributed by atoms with Crippen LogP contribution >= 0.6 is 35.1 Å². The molecule has 184 valence electrons. The van der Waals surface area contributed by atoms with Crippen molar-refractivity contribution in [3.8, 4) is 11.3 Å². The molecular weight excluding hydrogens is 512 g/mol. The van der Waals surface area contributed by atoms with Crippen LogP contribution in [0.25, 0.3) is 16.8 Å². The Hall–Kier alpha value is -2.56. The van der Waals surface area contributed by atoms with E-state index in [-0.39, 0.29) is 12.3 Å². The van der Waals surface area contributed by atoms with Gasteiger partial charge in [0.15, 0.2) is 5.82 Å². The minimum absolute atomic E-state index is 0.247. The number of halogens is 3. The van der Waals surface area contributed by atoms with Gasteiger partial charge in [-0.1, -0.05) is 35.7 Å². The summed E-state index contributed by atoms with van der Waals surface area (Å²) < 4.78 is 20.6. The summed E-state index contributed by atoms with van der Waals surface area (Å²) in [7, 11) is 1.00. The first-order chi connectivity index (χ1) is 17.0. The van der Waals surface area contributed by atoms with Crippen LogP contribution in [-0.2, 0) is 6.61 Å². The normalized spacial score (nSPS) is 13.3. The Morgan fingerprint density at radius 2 is 2.03 bits per heavy atom. The molecule has 0 atom stereocenters. The maximum Gasteiger partial charge on any atom is 0.156 e. The van der Waals surface area contributed by atoms with Crippen LogP contribution in [0.2, 0.25) is 10.0 Å². The quantitative estimate of drug-likeness (QED) is 0.227. The minimum atomic E-state index is -0.464. The molecule has 1 aliphatic carbocycles. The molecule has 0 aliphatic heterocycles. The van der Waals surface area contributed by atoms with Crippen LogP contribution in [0.4, 0.5) is 15.9 Å². The van der Waals surface area contributed by atoms with E-state index in [1.807, 2.05) is 10.6 Å². The molecule has 2 heterocycles. The molecule has 2 aromatic heterocycles. The van der Waals surface area contributed by atoms with Gasteiger partial charge in [-0.2, -0.15) is 0 Å². The number of hydrogen-bond donors (Lipinski definition) is 4. The SMILES string of the molecule is CO.Nc1nccn2c(C3CCC3)nc(-c3cccc(NSc4cc(Cl)cc(CO)c4Cl)c3F)c12. The molecule has 1 aliphatic rings. The van der Waals surface area contributed by atoms with Crippen LogP contribution in [-0.4, -0.2) is 31.7 Å². The number of hydrogen-bond acceptors (Lipinski definition) is 7. The van der Waals surface area contributed by atoms with Crippen molar-refractivity contribution in [2.45, 2.75) is 36.7 Å². The van der Waals surface area contributed by atoms with Crippen molar-refractivity contribution in [3.63, 3.8) is 0 Å². The number of nitrogen functional groups attached to an aromatic ring is 1. The average Bonchev–Trinajstić information content (AvgIpc) is 3.20. The molecule has 2 aromatic carbocycles. The maximum absolute atomic E-state index is 15.7. The fourth-order valence-corrected chi connectivity index (χ4v) is 5.31. The lowest BCUT2D eigenvalue weighted by Gasteiger charge is -2.23. The molecule has 1 fully saturated rings. The largest absolute Gasteiger partial charge is 0.400 e.